The van der Waals surface area contributed by atoms with Crippen molar-refractivity contribution in [2.75, 3.05) is 19.8 Å². The minimum absolute atomic E-state index is 0.121. The highest BCUT2D eigenvalue weighted by molar-refractivity contribution is 6.61. The molecular formula is C16H33N2O3Si+. The zero-order chi connectivity index (χ0) is 16.4. The van der Waals surface area contributed by atoms with Crippen LogP contribution < -0.4 is 4.57 Å². The van der Waals surface area contributed by atoms with Gasteiger partial charge >= 0.3 is 8.80 Å². The van der Waals surface area contributed by atoms with Crippen LogP contribution in [-0.2, 0) is 19.8 Å². The average molecular weight is 330 g/mol. The molecule has 1 atom stereocenters. The Morgan fingerprint density at radius 3 is 2.05 bits per heavy atom. The molecule has 0 aliphatic heterocycles. The van der Waals surface area contributed by atoms with Gasteiger partial charge in [0.05, 0.1) is 6.54 Å². The van der Waals surface area contributed by atoms with Crippen LogP contribution in [0, 0.1) is 0 Å². The van der Waals surface area contributed by atoms with E-state index in [2.05, 4.69) is 41.7 Å². The van der Waals surface area contributed by atoms with Crippen LogP contribution in [0.25, 0.3) is 0 Å². The smallest absolute Gasteiger partial charge is 0.371 e. The molecular weight excluding hydrogens is 296 g/mol. The molecule has 0 saturated carbocycles. The third-order valence-corrected chi connectivity index (χ3v) is 7.27. The highest BCUT2D eigenvalue weighted by Crippen LogP contribution is 2.28. The molecule has 1 unspecified atom stereocenters. The van der Waals surface area contributed by atoms with Crippen LogP contribution in [0.5, 0.6) is 0 Å². The first-order valence-corrected chi connectivity index (χ1v) is 10.5. The van der Waals surface area contributed by atoms with Crippen LogP contribution in [-0.4, -0.2) is 33.2 Å². The Hall–Kier alpha value is -0.693. The predicted octanol–water partition coefficient (Wildman–Crippen LogP) is 3.11. The normalized spacial score (nSPS) is 13.5. The van der Waals surface area contributed by atoms with Gasteiger partial charge in [-0.3, -0.25) is 0 Å². The second-order valence-electron chi connectivity index (χ2n) is 5.28. The summed E-state index contributed by atoms with van der Waals surface area (Å²) in [4.78, 5) is 0. The summed E-state index contributed by atoms with van der Waals surface area (Å²) in [5.41, 5.74) is 0.121. The van der Waals surface area contributed by atoms with Crippen molar-refractivity contribution in [3.05, 3.63) is 18.7 Å². The molecule has 0 bridgehead atoms. The molecule has 5 nitrogen and oxygen atoms in total. The summed E-state index contributed by atoms with van der Waals surface area (Å²) >= 11 is 0. The lowest BCUT2D eigenvalue weighted by Crippen LogP contribution is -2.53. The number of aromatic nitrogens is 2. The molecule has 1 heterocycles. The Balaban J connectivity index is 3.03. The molecule has 1 aromatic rings. The molecule has 128 valence electrons. The van der Waals surface area contributed by atoms with Gasteiger partial charge in [0.25, 0.3) is 0 Å². The van der Waals surface area contributed by atoms with E-state index in [-0.39, 0.29) is 5.67 Å². The topological polar surface area (TPSA) is 36.5 Å². The van der Waals surface area contributed by atoms with Crippen LogP contribution in [0.1, 0.15) is 59.5 Å². The number of unbranched alkanes of at least 4 members (excludes halogenated alkanes) is 1. The monoisotopic (exact) mass is 329 g/mol. The molecule has 0 radical (unpaired) electrons. The molecule has 0 saturated heterocycles. The van der Waals surface area contributed by atoms with Crippen molar-refractivity contribution >= 4 is 8.80 Å². The second-order valence-corrected chi connectivity index (χ2v) is 8.02. The minimum atomic E-state index is -2.73. The Bertz CT molecular complexity index is 395. The van der Waals surface area contributed by atoms with Crippen molar-refractivity contribution in [2.24, 2.45) is 0 Å². The number of rotatable bonds is 12. The van der Waals surface area contributed by atoms with Gasteiger partial charge in [0, 0.05) is 19.8 Å². The van der Waals surface area contributed by atoms with E-state index in [1.165, 1.54) is 12.8 Å². The SMILES string of the molecule is CCCC[n+]1ccn(C(CC)[Si](OCC)(OCC)OCC)c1. The van der Waals surface area contributed by atoms with Crippen molar-refractivity contribution in [3.8, 4) is 0 Å². The first-order valence-electron chi connectivity index (χ1n) is 8.65. The van der Waals surface area contributed by atoms with Gasteiger partial charge in [-0.2, -0.15) is 0 Å². The van der Waals surface area contributed by atoms with Gasteiger partial charge in [-0.05, 0) is 33.6 Å². The van der Waals surface area contributed by atoms with Gasteiger partial charge in [-0.1, -0.05) is 20.3 Å². The maximum atomic E-state index is 6.07. The van der Waals surface area contributed by atoms with E-state index in [4.69, 9.17) is 13.3 Å². The number of hydrogen-bond acceptors (Lipinski definition) is 3. The van der Waals surface area contributed by atoms with Crippen molar-refractivity contribution < 1.29 is 17.8 Å². The molecule has 0 fully saturated rings. The molecule has 6 heteroatoms. The van der Waals surface area contributed by atoms with E-state index in [0.717, 1.165) is 13.0 Å². The summed E-state index contributed by atoms with van der Waals surface area (Å²) in [5.74, 6) is 0. The lowest BCUT2D eigenvalue weighted by Gasteiger charge is -2.32. The van der Waals surface area contributed by atoms with E-state index < -0.39 is 8.80 Å². The summed E-state index contributed by atoms with van der Waals surface area (Å²) in [6.45, 7) is 13.3. The maximum Gasteiger partial charge on any atom is 0.548 e. The first kappa shape index (κ1) is 19.4. The number of hydrogen-bond donors (Lipinski definition) is 0. The van der Waals surface area contributed by atoms with Gasteiger partial charge in [0.15, 0.2) is 5.67 Å². The number of aryl methyl sites for hydroxylation is 1. The van der Waals surface area contributed by atoms with Crippen LogP contribution in [0.3, 0.4) is 0 Å². The van der Waals surface area contributed by atoms with Crippen molar-refractivity contribution in [1.29, 1.82) is 0 Å². The Labute approximate surface area is 136 Å². The van der Waals surface area contributed by atoms with Crippen LogP contribution >= 0.6 is 0 Å². The summed E-state index contributed by atoms with van der Waals surface area (Å²) in [6.07, 6.45) is 9.71. The van der Waals surface area contributed by atoms with E-state index >= 15 is 0 Å². The minimum Gasteiger partial charge on any atom is -0.371 e. The molecule has 0 aliphatic carbocycles. The number of imidazole rings is 1. The summed E-state index contributed by atoms with van der Waals surface area (Å²) in [6, 6.07) is 0. The fourth-order valence-electron chi connectivity index (χ4n) is 2.73. The van der Waals surface area contributed by atoms with Gasteiger partial charge in [-0.25, -0.2) is 9.13 Å². The number of nitrogens with zero attached hydrogens (tertiary/aromatic N) is 2. The zero-order valence-corrected chi connectivity index (χ0v) is 15.9. The Morgan fingerprint density at radius 2 is 1.59 bits per heavy atom. The fraction of sp³-hybridized carbons (Fsp3) is 0.812. The molecule has 22 heavy (non-hydrogen) atoms. The molecule has 1 rings (SSSR count). The Morgan fingerprint density at radius 1 is 1.00 bits per heavy atom. The summed E-state index contributed by atoms with van der Waals surface area (Å²) in [5, 5.41) is 0. The standard InChI is InChI=1S/C16H33N2O3Si/c1-6-11-12-17-13-14-18(15-17)16(7-2)22(19-8-3,20-9-4)21-10-5/h13-16H,6-12H2,1-5H3/q+1. The maximum absolute atomic E-state index is 6.07. The van der Waals surface area contributed by atoms with Crippen LogP contribution in [0.15, 0.2) is 18.7 Å². The van der Waals surface area contributed by atoms with Crippen molar-refractivity contribution in [2.45, 2.75) is 66.1 Å². The Kier molecular flexibility index (Phi) is 8.93. The lowest BCUT2D eigenvalue weighted by molar-refractivity contribution is -0.696. The second kappa shape index (κ2) is 10.2. The molecule has 0 aromatic carbocycles. The molecule has 0 aliphatic rings. The molecule has 0 spiro atoms. The van der Waals surface area contributed by atoms with E-state index in [0.29, 0.717) is 19.8 Å². The van der Waals surface area contributed by atoms with Crippen LogP contribution in [0.2, 0.25) is 0 Å². The highest BCUT2D eigenvalue weighted by Gasteiger charge is 2.52. The lowest BCUT2D eigenvalue weighted by atomic mass is 10.3. The van der Waals surface area contributed by atoms with Gasteiger partial charge in [-0.15, -0.1) is 0 Å². The van der Waals surface area contributed by atoms with Gasteiger partial charge in [0.1, 0.15) is 12.4 Å². The van der Waals surface area contributed by atoms with E-state index in [1.54, 1.807) is 0 Å². The zero-order valence-electron chi connectivity index (χ0n) is 14.9. The molecule has 0 N–H and O–H groups in total. The van der Waals surface area contributed by atoms with E-state index in [1.807, 2.05) is 20.8 Å². The quantitative estimate of drug-likeness (QED) is 0.437. The summed E-state index contributed by atoms with van der Waals surface area (Å²) in [7, 11) is -2.73. The molecule has 1 aromatic heterocycles. The average Bonchev–Trinajstić information content (AvgIpc) is 2.95. The van der Waals surface area contributed by atoms with Gasteiger partial charge in [0.2, 0.25) is 6.33 Å². The van der Waals surface area contributed by atoms with Gasteiger partial charge < -0.3 is 13.3 Å². The molecule has 0 amide bonds. The summed E-state index contributed by atoms with van der Waals surface area (Å²) < 4.78 is 22.7. The highest BCUT2D eigenvalue weighted by atomic mass is 28.4. The third-order valence-electron chi connectivity index (χ3n) is 3.67. The van der Waals surface area contributed by atoms with Crippen molar-refractivity contribution in [1.82, 2.24) is 4.57 Å². The third kappa shape index (κ3) is 4.91. The van der Waals surface area contributed by atoms with Crippen molar-refractivity contribution in [3.63, 3.8) is 0 Å². The van der Waals surface area contributed by atoms with Crippen LogP contribution in [0.4, 0.5) is 0 Å². The fourth-order valence-corrected chi connectivity index (χ4v) is 5.78. The predicted molar refractivity (Wildman–Crippen MR) is 89.5 cm³/mol. The van der Waals surface area contributed by atoms with E-state index in [9.17, 15) is 0 Å². The largest absolute Gasteiger partial charge is 0.548 e. The first-order chi connectivity index (χ1) is 10.7.